The molecule has 28 heavy (non-hydrogen) atoms. The van der Waals surface area contributed by atoms with Gasteiger partial charge >= 0.3 is 0 Å². The van der Waals surface area contributed by atoms with Crippen molar-refractivity contribution in [3.05, 3.63) is 75.3 Å². The fourth-order valence-electron chi connectivity index (χ4n) is 2.91. The monoisotopic (exact) mass is 412 g/mol. The number of nitrogens with one attached hydrogen (secondary N) is 1. The first-order valence-electron chi connectivity index (χ1n) is 8.51. The van der Waals surface area contributed by atoms with Crippen molar-refractivity contribution in [2.75, 3.05) is 12.9 Å². The van der Waals surface area contributed by atoms with Gasteiger partial charge in [-0.25, -0.2) is 0 Å². The molecule has 1 unspecified atom stereocenters. The molecule has 3 rings (SSSR count). The van der Waals surface area contributed by atoms with Gasteiger partial charge in [0.15, 0.2) is 5.78 Å². The van der Waals surface area contributed by atoms with E-state index in [-0.39, 0.29) is 29.8 Å². The highest BCUT2D eigenvalue weighted by Gasteiger charge is 2.29. The molecule has 5 nitrogen and oxygen atoms in total. The summed E-state index contributed by atoms with van der Waals surface area (Å²) in [5, 5.41) is 13.4. The van der Waals surface area contributed by atoms with Crippen molar-refractivity contribution in [3.63, 3.8) is 0 Å². The number of carbonyl (C=O) groups is 2. The number of hydrogen-bond donors (Lipinski definition) is 1. The number of nitrogens with zero attached hydrogens (tertiary/aromatic N) is 1. The fourth-order valence-corrected chi connectivity index (χ4v) is 4.01. The molecular weight excluding hydrogens is 396 g/mol. The molecule has 7 heteroatoms. The Morgan fingerprint density at radius 1 is 1.25 bits per heavy atom. The summed E-state index contributed by atoms with van der Waals surface area (Å²) < 4.78 is 5.09. The topological polar surface area (TPSA) is 79.2 Å². The van der Waals surface area contributed by atoms with Crippen molar-refractivity contribution >= 4 is 35.1 Å². The smallest absolute Gasteiger partial charge is 0.225 e. The molecule has 2 aromatic carbocycles. The van der Waals surface area contributed by atoms with Crippen LogP contribution < -0.4 is 10.1 Å². The first-order chi connectivity index (χ1) is 13.5. The number of methoxy groups -OCH3 is 1. The third-order valence-corrected chi connectivity index (χ3v) is 5.66. The van der Waals surface area contributed by atoms with Gasteiger partial charge in [-0.2, -0.15) is 5.26 Å². The van der Waals surface area contributed by atoms with Gasteiger partial charge in [-0.3, -0.25) is 9.59 Å². The lowest BCUT2D eigenvalue weighted by Gasteiger charge is -2.25. The molecule has 0 aliphatic carbocycles. The molecule has 1 heterocycles. The summed E-state index contributed by atoms with van der Waals surface area (Å²) in [6.07, 6.45) is 0.182. The van der Waals surface area contributed by atoms with Crippen LogP contribution in [-0.4, -0.2) is 24.6 Å². The highest BCUT2D eigenvalue weighted by atomic mass is 35.5. The summed E-state index contributed by atoms with van der Waals surface area (Å²) in [4.78, 5) is 24.6. The summed E-state index contributed by atoms with van der Waals surface area (Å²) in [6.45, 7) is 0. The van der Waals surface area contributed by atoms with Gasteiger partial charge in [0.1, 0.15) is 5.75 Å². The lowest BCUT2D eigenvalue weighted by molar-refractivity contribution is -0.120. The molecule has 142 valence electrons. The number of ether oxygens (including phenoxy) is 1. The molecule has 0 aromatic heterocycles. The van der Waals surface area contributed by atoms with E-state index in [0.717, 1.165) is 5.56 Å². The normalized spacial score (nSPS) is 16.3. The highest BCUT2D eigenvalue weighted by Crippen LogP contribution is 2.36. The molecular formula is C21H17ClN2O3S. The molecule has 1 amide bonds. The van der Waals surface area contributed by atoms with Crippen LogP contribution in [-0.2, 0) is 4.79 Å². The van der Waals surface area contributed by atoms with Crippen molar-refractivity contribution in [2.45, 2.75) is 12.3 Å². The molecule has 1 aliphatic heterocycles. The summed E-state index contributed by atoms with van der Waals surface area (Å²) in [6, 6.07) is 16.1. The Morgan fingerprint density at radius 3 is 2.54 bits per heavy atom. The van der Waals surface area contributed by atoms with Crippen molar-refractivity contribution in [1.82, 2.24) is 5.32 Å². The lowest BCUT2D eigenvalue weighted by atomic mass is 9.87. The number of allylic oxidation sites excluding steroid dienone is 1. The lowest BCUT2D eigenvalue weighted by Crippen LogP contribution is -2.31. The number of halogens is 1. The van der Waals surface area contributed by atoms with E-state index in [0.29, 0.717) is 26.9 Å². The Kier molecular flexibility index (Phi) is 6.40. The third-order valence-electron chi connectivity index (χ3n) is 4.39. The van der Waals surface area contributed by atoms with E-state index in [1.807, 2.05) is 12.1 Å². The SMILES string of the molecule is COc1ccc(C(=O)CSC2=C(C#N)C(c3ccc(Cl)cc3)CC(=O)N2)cc1. The zero-order valence-electron chi connectivity index (χ0n) is 15.1. The van der Waals surface area contributed by atoms with Gasteiger partial charge in [0.2, 0.25) is 5.91 Å². The van der Waals surface area contributed by atoms with E-state index in [4.69, 9.17) is 16.3 Å². The minimum Gasteiger partial charge on any atom is -0.497 e. The minimum absolute atomic E-state index is 0.0969. The second kappa shape index (κ2) is 8.96. The predicted molar refractivity (Wildman–Crippen MR) is 109 cm³/mol. The summed E-state index contributed by atoms with van der Waals surface area (Å²) in [7, 11) is 1.56. The fraction of sp³-hybridized carbons (Fsp3) is 0.190. The van der Waals surface area contributed by atoms with Crippen LogP contribution in [0.15, 0.2) is 59.1 Å². The average Bonchev–Trinajstić information content (AvgIpc) is 2.72. The van der Waals surface area contributed by atoms with Crippen LogP contribution in [0.5, 0.6) is 5.75 Å². The third kappa shape index (κ3) is 4.56. The van der Waals surface area contributed by atoms with E-state index < -0.39 is 0 Å². The number of carbonyl (C=O) groups excluding carboxylic acids is 2. The Hall–Kier alpha value is -2.75. The van der Waals surface area contributed by atoms with Gasteiger partial charge in [0.25, 0.3) is 0 Å². The predicted octanol–water partition coefficient (Wildman–Crippen LogP) is 4.30. The molecule has 0 spiro atoms. The van der Waals surface area contributed by atoms with Crippen molar-refractivity contribution in [3.8, 4) is 11.8 Å². The zero-order valence-corrected chi connectivity index (χ0v) is 16.6. The average molecular weight is 413 g/mol. The summed E-state index contributed by atoms with van der Waals surface area (Å²) in [5.74, 6) is 0.151. The van der Waals surface area contributed by atoms with E-state index in [1.54, 1.807) is 43.5 Å². The van der Waals surface area contributed by atoms with E-state index >= 15 is 0 Å². The summed E-state index contributed by atoms with van der Waals surface area (Å²) in [5.41, 5.74) is 1.84. The maximum atomic E-state index is 12.5. The molecule has 0 saturated heterocycles. The Labute approximate surface area is 172 Å². The number of Topliss-reactive ketones (excluding diaryl/α,β-unsaturated/α-hetero) is 1. The summed E-state index contributed by atoms with van der Waals surface area (Å²) >= 11 is 7.10. The van der Waals surface area contributed by atoms with Gasteiger partial charge in [-0.05, 0) is 42.0 Å². The maximum Gasteiger partial charge on any atom is 0.225 e. The second-order valence-corrected chi connectivity index (χ2v) is 7.57. The number of thioether (sulfide) groups is 1. The minimum atomic E-state index is -0.352. The van der Waals surface area contributed by atoms with Crippen molar-refractivity contribution in [2.24, 2.45) is 0 Å². The second-order valence-electron chi connectivity index (χ2n) is 6.15. The van der Waals surface area contributed by atoms with Gasteiger partial charge in [-0.1, -0.05) is 35.5 Å². The molecule has 0 bridgehead atoms. The van der Waals surface area contributed by atoms with E-state index in [2.05, 4.69) is 11.4 Å². The molecule has 2 aromatic rings. The largest absolute Gasteiger partial charge is 0.497 e. The number of rotatable bonds is 6. The number of benzene rings is 2. The van der Waals surface area contributed by atoms with E-state index in [1.165, 1.54) is 11.8 Å². The molecule has 1 atom stereocenters. The first-order valence-corrected chi connectivity index (χ1v) is 9.88. The van der Waals surface area contributed by atoms with Crippen LogP contribution in [0.2, 0.25) is 5.02 Å². The van der Waals surface area contributed by atoms with Gasteiger partial charge in [-0.15, -0.1) is 0 Å². The Balaban J connectivity index is 1.79. The van der Waals surface area contributed by atoms with Crippen molar-refractivity contribution < 1.29 is 14.3 Å². The van der Waals surface area contributed by atoms with Crippen LogP contribution in [0.4, 0.5) is 0 Å². The Morgan fingerprint density at radius 2 is 1.93 bits per heavy atom. The first kappa shape index (κ1) is 20.0. The van der Waals surface area contributed by atoms with E-state index in [9.17, 15) is 14.9 Å². The molecule has 0 fully saturated rings. The van der Waals surface area contributed by atoms with Gasteiger partial charge in [0, 0.05) is 22.9 Å². The van der Waals surface area contributed by atoms with Gasteiger partial charge < -0.3 is 10.1 Å². The number of amides is 1. The van der Waals surface area contributed by atoms with Gasteiger partial charge in [0.05, 0.1) is 29.5 Å². The Bertz CT molecular complexity index is 963. The zero-order chi connectivity index (χ0) is 20.1. The van der Waals surface area contributed by atoms with Crippen LogP contribution in [0.25, 0.3) is 0 Å². The van der Waals surface area contributed by atoms with Crippen LogP contribution in [0.3, 0.4) is 0 Å². The molecule has 0 radical (unpaired) electrons. The standard InChI is InChI=1S/C21H17ClN2O3S/c1-27-16-8-4-14(5-9-16)19(25)12-28-21-18(11-23)17(10-20(26)24-21)13-2-6-15(22)7-3-13/h2-9,17H,10,12H2,1H3,(H,24,26). The molecule has 0 saturated carbocycles. The maximum absolute atomic E-state index is 12.5. The molecule has 1 aliphatic rings. The highest BCUT2D eigenvalue weighted by molar-refractivity contribution is 8.03. The quantitative estimate of drug-likeness (QED) is 0.715. The van der Waals surface area contributed by atoms with Crippen LogP contribution in [0.1, 0.15) is 28.3 Å². The van der Waals surface area contributed by atoms with Crippen molar-refractivity contribution in [1.29, 1.82) is 5.26 Å². The van der Waals surface area contributed by atoms with Crippen LogP contribution >= 0.6 is 23.4 Å². The number of ketones is 1. The van der Waals surface area contributed by atoms with Crippen LogP contribution in [0, 0.1) is 11.3 Å². The number of nitriles is 1. The molecule has 1 N–H and O–H groups in total. The number of hydrogen-bond acceptors (Lipinski definition) is 5.